The minimum Gasteiger partial charge on any atom is -0.0622 e. The van der Waals surface area contributed by atoms with E-state index in [0.717, 1.165) is 0 Å². The van der Waals surface area contributed by atoms with Crippen molar-refractivity contribution in [2.75, 3.05) is 0 Å². The van der Waals surface area contributed by atoms with Crippen LogP contribution in [0.2, 0.25) is 0 Å². The fourth-order valence-corrected chi connectivity index (χ4v) is 6.49. The van der Waals surface area contributed by atoms with Crippen molar-refractivity contribution >= 4 is 43.1 Å². The largest absolute Gasteiger partial charge is 0.0622 e. The second-order valence-electron chi connectivity index (χ2n) is 10.5. The van der Waals surface area contributed by atoms with Gasteiger partial charge in [-0.25, -0.2) is 0 Å². The Labute approximate surface area is 233 Å². The molecule has 0 fully saturated rings. The Bertz CT molecular complexity index is 2140. The number of rotatable bonds is 3. The molecule has 8 rings (SSSR count). The molecule has 8 aromatic carbocycles. The number of benzene rings is 8. The third-order valence-corrected chi connectivity index (χ3v) is 8.24. The molecule has 8 aromatic rings. The lowest BCUT2D eigenvalue weighted by Gasteiger charge is -2.18. The van der Waals surface area contributed by atoms with Gasteiger partial charge >= 0.3 is 0 Å². The minimum atomic E-state index is 1.24. The molecule has 0 unspecified atom stereocenters. The predicted molar refractivity (Wildman–Crippen MR) is 173 cm³/mol. The van der Waals surface area contributed by atoms with Crippen molar-refractivity contribution in [3.8, 4) is 33.4 Å². The molecule has 0 heteroatoms. The van der Waals surface area contributed by atoms with Gasteiger partial charge in [-0.2, -0.15) is 0 Å². The molecule has 0 aromatic heterocycles. The van der Waals surface area contributed by atoms with E-state index >= 15 is 0 Å². The van der Waals surface area contributed by atoms with E-state index in [4.69, 9.17) is 0 Å². The Kier molecular flexibility index (Phi) is 5.24. The highest BCUT2D eigenvalue weighted by molar-refractivity contribution is 6.22. The fraction of sp³-hybridized carbons (Fsp3) is 0. The van der Waals surface area contributed by atoms with E-state index in [2.05, 4.69) is 158 Å². The topological polar surface area (TPSA) is 0 Å². The monoisotopic (exact) mass is 506 g/mol. The van der Waals surface area contributed by atoms with Crippen molar-refractivity contribution in [2.24, 2.45) is 0 Å². The van der Waals surface area contributed by atoms with Gasteiger partial charge in [-0.15, -0.1) is 0 Å². The third-order valence-electron chi connectivity index (χ3n) is 8.24. The summed E-state index contributed by atoms with van der Waals surface area (Å²) in [6, 6.07) is 57.5. The van der Waals surface area contributed by atoms with E-state index < -0.39 is 0 Å². The molecule has 40 heavy (non-hydrogen) atoms. The summed E-state index contributed by atoms with van der Waals surface area (Å²) in [4.78, 5) is 0. The molecular formula is C40H26. The molecule has 0 nitrogen and oxygen atoms in total. The van der Waals surface area contributed by atoms with E-state index in [1.54, 1.807) is 0 Å². The fourth-order valence-electron chi connectivity index (χ4n) is 6.49. The molecule has 0 N–H and O–H groups in total. The van der Waals surface area contributed by atoms with Crippen molar-refractivity contribution in [1.82, 2.24) is 0 Å². The van der Waals surface area contributed by atoms with E-state index in [0.29, 0.717) is 0 Å². The van der Waals surface area contributed by atoms with Gasteiger partial charge in [0.05, 0.1) is 0 Å². The van der Waals surface area contributed by atoms with E-state index in [1.165, 1.54) is 76.5 Å². The van der Waals surface area contributed by atoms with Gasteiger partial charge in [0.25, 0.3) is 0 Å². The molecule has 0 aliphatic heterocycles. The van der Waals surface area contributed by atoms with Crippen LogP contribution in [-0.2, 0) is 0 Å². The zero-order valence-electron chi connectivity index (χ0n) is 22.0. The first-order valence-electron chi connectivity index (χ1n) is 13.9. The number of hydrogen-bond donors (Lipinski definition) is 0. The van der Waals surface area contributed by atoms with Gasteiger partial charge in [-0.05, 0) is 82.5 Å². The molecule has 0 amide bonds. The Hall–Kier alpha value is -5.20. The normalized spacial score (nSPS) is 11.5. The molecule has 0 radical (unpaired) electrons. The maximum absolute atomic E-state index is 2.38. The van der Waals surface area contributed by atoms with Crippen LogP contribution in [0.25, 0.3) is 76.5 Å². The van der Waals surface area contributed by atoms with E-state index in [9.17, 15) is 0 Å². The first kappa shape index (κ1) is 22.8. The zero-order valence-corrected chi connectivity index (χ0v) is 22.0. The highest BCUT2D eigenvalue weighted by atomic mass is 14.2. The maximum atomic E-state index is 2.38. The summed E-state index contributed by atoms with van der Waals surface area (Å²) < 4.78 is 0. The van der Waals surface area contributed by atoms with Crippen LogP contribution < -0.4 is 0 Å². The zero-order chi connectivity index (χ0) is 26.5. The molecule has 0 spiro atoms. The van der Waals surface area contributed by atoms with Crippen LogP contribution >= 0.6 is 0 Å². The summed E-state index contributed by atoms with van der Waals surface area (Å²) in [6.45, 7) is 0. The van der Waals surface area contributed by atoms with Crippen LogP contribution in [0.15, 0.2) is 158 Å². The average Bonchev–Trinajstić information content (AvgIpc) is 3.03. The SMILES string of the molecule is c1ccc(-c2c3ccccc3c(-c3ccc4c(-c5cccc6ccccc56)cccc4c3)c3ccccc23)cc1. The highest BCUT2D eigenvalue weighted by Gasteiger charge is 2.17. The van der Waals surface area contributed by atoms with Gasteiger partial charge in [-0.3, -0.25) is 0 Å². The molecule has 0 saturated heterocycles. The number of fused-ring (bicyclic) bond motifs is 4. The Morgan fingerprint density at radius 3 is 1.32 bits per heavy atom. The Balaban J connectivity index is 1.41. The van der Waals surface area contributed by atoms with Gasteiger partial charge in [0, 0.05) is 0 Å². The minimum absolute atomic E-state index is 1.24. The first-order valence-corrected chi connectivity index (χ1v) is 13.9. The molecule has 0 heterocycles. The third kappa shape index (κ3) is 3.54. The van der Waals surface area contributed by atoms with Crippen molar-refractivity contribution in [3.05, 3.63) is 158 Å². The van der Waals surface area contributed by atoms with Crippen molar-refractivity contribution < 1.29 is 0 Å². The quantitative estimate of drug-likeness (QED) is 0.209. The van der Waals surface area contributed by atoms with Gasteiger partial charge in [-0.1, -0.05) is 152 Å². The Morgan fingerprint density at radius 1 is 0.250 bits per heavy atom. The molecule has 0 atom stereocenters. The molecule has 186 valence electrons. The molecular weight excluding hydrogens is 480 g/mol. The van der Waals surface area contributed by atoms with Gasteiger partial charge in [0.2, 0.25) is 0 Å². The van der Waals surface area contributed by atoms with Gasteiger partial charge < -0.3 is 0 Å². The van der Waals surface area contributed by atoms with E-state index in [1.807, 2.05) is 0 Å². The highest BCUT2D eigenvalue weighted by Crippen LogP contribution is 2.44. The predicted octanol–water partition coefficient (Wildman–Crippen LogP) is 11.3. The summed E-state index contributed by atoms with van der Waals surface area (Å²) in [5.41, 5.74) is 7.64. The lowest BCUT2D eigenvalue weighted by molar-refractivity contribution is 1.66. The lowest BCUT2D eigenvalue weighted by atomic mass is 9.85. The lowest BCUT2D eigenvalue weighted by Crippen LogP contribution is -1.91. The molecule has 0 aliphatic rings. The molecule has 0 aliphatic carbocycles. The van der Waals surface area contributed by atoms with Crippen molar-refractivity contribution in [3.63, 3.8) is 0 Å². The average molecular weight is 507 g/mol. The van der Waals surface area contributed by atoms with Gasteiger partial charge in [0.1, 0.15) is 0 Å². The Morgan fingerprint density at radius 2 is 0.700 bits per heavy atom. The van der Waals surface area contributed by atoms with Crippen LogP contribution in [0.3, 0.4) is 0 Å². The van der Waals surface area contributed by atoms with Crippen LogP contribution in [0, 0.1) is 0 Å². The van der Waals surface area contributed by atoms with Crippen LogP contribution in [-0.4, -0.2) is 0 Å². The smallest absolute Gasteiger partial charge is 0.00262 e. The van der Waals surface area contributed by atoms with Crippen LogP contribution in [0.4, 0.5) is 0 Å². The summed E-state index contributed by atoms with van der Waals surface area (Å²) >= 11 is 0. The van der Waals surface area contributed by atoms with E-state index in [-0.39, 0.29) is 0 Å². The summed E-state index contributed by atoms with van der Waals surface area (Å²) in [7, 11) is 0. The first-order chi connectivity index (χ1) is 19.9. The molecule has 0 saturated carbocycles. The second-order valence-corrected chi connectivity index (χ2v) is 10.5. The summed E-state index contributed by atoms with van der Waals surface area (Å²) in [5.74, 6) is 0. The maximum Gasteiger partial charge on any atom is -0.00262 e. The standard InChI is InChI=1S/C40H26/c1-2-13-28(14-3-1)39-35-18-6-8-20-37(35)40(38-21-9-7-19-36(38)39)30-24-25-32-29(26-30)16-11-23-34(32)33-22-10-15-27-12-4-5-17-31(27)33/h1-26H. The van der Waals surface area contributed by atoms with Crippen molar-refractivity contribution in [1.29, 1.82) is 0 Å². The van der Waals surface area contributed by atoms with Crippen LogP contribution in [0.5, 0.6) is 0 Å². The van der Waals surface area contributed by atoms with Crippen molar-refractivity contribution in [2.45, 2.75) is 0 Å². The van der Waals surface area contributed by atoms with Crippen LogP contribution in [0.1, 0.15) is 0 Å². The molecule has 0 bridgehead atoms. The van der Waals surface area contributed by atoms with Gasteiger partial charge in [0.15, 0.2) is 0 Å². The summed E-state index contributed by atoms with van der Waals surface area (Å²) in [6.07, 6.45) is 0. The number of hydrogen-bond acceptors (Lipinski definition) is 0. The summed E-state index contributed by atoms with van der Waals surface area (Å²) in [5, 5.41) is 10.2. The second kappa shape index (κ2) is 9.22.